The SMILES string of the molecule is Cc1ccc(C(=O)O)c(-c2cccs2)c1C(=O)O. The van der Waals surface area contributed by atoms with Crippen LogP contribution in [0.1, 0.15) is 26.3 Å². The number of hydrogen-bond acceptors (Lipinski definition) is 3. The monoisotopic (exact) mass is 262 g/mol. The Kier molecular flexibility index (Phi) is 3.16. The summed E-state index contributed by atoms with van der Waals surface area (Å²) < 4.78 is 0. The van der Waals surface area contributed by atoms with Gasteiger partial charge < -0.3 is 10.2 Å². The molecule has 0 radical (unpaired) electrons. The molecule has 0 saturated heterocycles. The van der Waals surface area contributed by atoms with Gasteiger partial charge in [0.2, 0.25) is 0 Å². The third-order valence-electron chi connectivity index (χ3n) is 2.63. The predicted octanol–water partition coefficient (Wildman–Crippen LogP) is 3.12. The molecule has 2 aromatic rings. The lowest BCUT2D eigenvalue weighted by Gasteiger charge is -2.10. The first-order valence-electron chi connectivity index (χ1n) is 5.16. The van der Waals surface area contributed by atoms with Crippen molar-refractivity contribution in [2.75, 3.05) is 0 Å². The molecule has 0 atom stereocenters. The maximum Gasteiger partial charge on any atom is 0.336 e. The molecule has 0 amide bonds. The van der Waals surface area contributed by atoms with Crippen LogP contribution in [0.15, 0.2) is 29.6 Å². The zero-order valence-corrected chi connectivity index (χ0v) is 10.3. The van der Waals surface area contributed by atoms with E-state index in [1.54, 1.807) is 24.4 Å². The molecule has 0 aliphatic rings. The molecule has 1 aromatic carbocycles. The highest BCUT2D eigenvalue weighted by atomic mass is 32.1. The first-order valence-corrected chi connectivity index (χ1v) is 6.04. The van der Waals surface area contributed by atoms with Gasteiger partial charge in [-0.3, -0.25) is 0 Å². The van der Waals surface area contributed by atoms with Crippen molar-refractivity contribution < 1.29 is 19.8 Å². The molecule has 0 spiro atoms. The molecule has 92 valence electrons. The fourth-order valence-corrected chi connectivity index (χ4v) is 2.63. The summed E-state index contributed by atoms with van der Waals surface area (Å²) in [6, 6.07) is 6.45. The molecule has 0 bridgehead atoms. The topological polar surface area (TPSA) is 74.6 Å². The summed E-state index contributed by atoms with van der Waals surface area (Å²) in [6.45, 7) is 1.66. The first kappa shape index (κ1) is 12.3. The van der Waals surface area contributed by atoms with Crippen molar-refractivity contribution in [3.63, 3.8) is 0 Å². The van der Waals surface area contributed by atoms with Crippen LogP contribution in [-0.4, -0.2) is 22.2 Å². The number of aryl methyl sites for hydroxylation is 1. The quantitative estimate of drug-likeness (QED) is 0.891. The van der Waals surface area contributed by atoms with Crippen LogP contribution in [-0.2, 0) is 0 Å². The van der Waals surface area contributed by atoms with Gasteiger partial charge in [0.25, 0.3) is 0 Å². The Labute approximate surface area is 107 Å². The second-order valence-corrected chi connectivity index (χ2v) is 4.72. The van der Waals surface area contributed by atoms with Crippen molar-refractivity contribution in [3.8, 4) is 10.4 Å². The number of benzene rings is 1. The number of aromatic carboxylic acids is 2. The minimum Gasteiger partial charge on any atom is -0.478 e. The van der Waals surface area contributed by atoms with Crippen molar-refractivity contribution in [1.29, 1.82) is 0 Å². The van der Waals surface area contributed by atoms with Gasteiger partial charge >= 0.3 is 11.9 Å². The highest BCUT2D eigenvalue weighted by molar-refractivity contribution is 7.13. The molecule has 1 heterocycles. The van der Waals surface area contributed by atoms with E-state index >= 15 is 0 Å². The van der Waals surface area contributed by atoms with Gasteiger partial charge in [0.05, 0.1) is 11.1 Å². The van der Waals surface area contributed by atoms with Crippen LogP contribution in [0.2, 0.25) is 0 Å². The predicted molar refractivity (Wildman–Crippen MR) is 68.4 cm³/mol. The molecule has 0 aliphatic carbocycles. The first-order chi connectivity index (χ1) is 8.52. The van der Waals surface area contributed by atoms with Crippen molar-refractivity contribution in [1.82, 2.24) is 0 Å². The number of hydrogen-bond donors (Lipinski definition) is 2. The number of thiophene rings is 1. The van der Waals surface area contributed by atoms with Crippen LogP contribution >= 0.6 is 11.3 Å². The number of carboxylic acids is 2. The molecule has 0 saturated carbocycles. The van der Waals surface area contributed by atoms with Crippen LogP contribution in [0.3, 0.4) is 0 Å². The Morgan fingerprint density at radius 2 is 1.83 bits per heavy atom. The zero-order chi connectivity index (χ0) is 13.3. The van der Waals surface area contributed by atoms with Gasteiger partial charge in [0.15, 0.2) is 0 Å². The molecule has 5 heteroatoms. The van der Waals surface area contributed by atoms with E-state index in [4.69, 9.17) is 0 Å². The summed E-state index contributed by atoms with van der Waals surface area (Å²) in [6.07, 6.45) is 0. The van der Waals surface area contributed by atoms with Crippen LogP contribution < -0.4 is 0 Å². The summed E-state index contributed by atoms with van der Waals surface area (Å²) in [5.41, 5.74) is 0.902. The summed E-state index contributed by atoms with van der Waals surface area (Å²) >= 11 is 1.32. The second kappa shape index (κ2) is 4.62. The number of carbonyl (C=O) groups is 2. The lowest BCUT2D eigenvalue weighted by Crippen LogP contribution is -2.08. The lowest BCUT2D eigenvalue weighted by molar-refractivity contribution is 0.0695. The third-order valence-corrected chi connectivity index (χ3v) is 3.51. The zero-order valence-electron chi connectivity index (χ0n) is 9.51. The lowest BCUT2D eigenvalue weighted by atomic mass is 9.95. The third kappa shape index (κ3) is 2.00. The van der Waals surface area contributed by atoms with Crippen molar-refractivity contribution >= 4 is 23.3 Å². The van der Waals surface area contributed by atoms with E-state index in [2.05, 4.69) is 0 Å². The average Bonchev–Trinajstić information content (AvgIpc) is 2.80. The Morgan fingerprint density at radius 1 is 1.11 bits per heavy atom. The van der Waals surface area contributed by atoms with Gasteiger partial charge in [0.1, 0.15) is 0 Å². The van der Waals surface area contributed by atoms with Crippen LogP contribution in [0, 0.1) is 6.92 Å². The van der Waals surface area contributed by atoms with E-state index in [1.807, 2.05) is 0 Å². The fraction of sp³-hybridized carbons (Fsp3) is 0.0769. The minimum atomic E-state index is -1.12. The van der Waals surface area contributed by atoms with Gasteiger partial charge in [-0.05, 0) is 30.0 Å². The molecule has 0 fully saturated rings. The molecule has 2 rings (SSSR count). The van der Waals surface area contributed by atoms with Gasteiger partial charge in [-0.2, -0.15) is 0 Å². The second-order valence-electron chi connectivity index (χ2n) is 3.77. The normalized spacial score (nSPS) is 10.3. The smallest absolute Gasteiger partial charge is 0.336 e. The van der Waals surface area contributed by atoms with E-state index in [0.29, 0.717) is 10.4 Å². The Bertz CT molecular complexity index is 614. The van der Waals surface area contributed by atoms with E-state index in [1.165, 1.54) is 23.5 Å². The molecular weight excluding hydrogens is 252 g/mol. The van der Waals surface area contributed by atoms with Crippen molar-refractivity contribution in [2.24, 2.45) is 0 Å². The number of rotatable bonds is 3. The maximum absolute atomic E-state index is 11.3. The van der Waals surface area contributed by atoms with Crippen molar-refractivity contribution in [3.05, 3.63) is 46.3 Å². The summed E-state index contributed by atoms with van der Waals surface area (Å²) in [4.78, 5) is 23.2. The van der Waals surface area contributed by atoms with E-state index < -0.39 is 11.9 Å². The standard InChI is InChI=1S/C13H10O4S/c1-7-4-5-8(12(14)15)11(10(7)13(16)17)9-3-2-6-18-9/h2-6H,1H3,(H,14,15)(H,16,17). The summed E-state index contributed by atoms with van der Waals surface area (Å²) in [5.74, 6) is -2.24. The average molecular weight is 262 g/mol. The van der Waals surface area contributed by atoms with Gasteiger partial charge in [-0.25, -0.2) is 9.59 Å². The maximum atomic E-state index is 11.3. The Hall–Kier alpha value is -2.14. The van der Waals surface area contributed by atoms with Crippen LogP contribution in [0.25, 0.3) is 10.4 Å². The highest BCUT2D eigenvalue weighted by Gasteiger charge is 2.22. The molecule has 1 aromatic heterocycles. The Balaban J connectivity index is 2.84. The largest absolute Gasteiger partial charge is 0.478 e. The van der Waals surface area contributed by atoms with E-state index in [9.17, 15) is 19.8 Å². The molecular formula is C13H10O4S. The summed E-state index contributed by atoms with van der Waals surface area (Å²) in [7, 11) is 0. The minimum absolute atomic E-state index is 0.0143. The Morgan fingerprint density at radius 3 is 2.33 bits per heavy atom. The van der Waals surface area contributed by atoms with Gasteiger partial charge in [-0.15, -0.1) is 11.3 Å². The van der Waals surface area contributed by atoms with Crippen LogP contribution in [0.4, 0.5) is 0 Å². The molecule has 18 heavy (non-hydrogen) atoms. The van der Waals surface area contributed by atoms with Gasteiger partial charge in [-0.1, -0.05) is 12.1 Å². The molecule has 0 unspecified atom stereocenters. The highest BCUT2D eigenvalue weighted by Crippen LogP contribution is 2.33. The number of carboxylic acid groups (broad SMARTS) is 2. The van der Waals surface area contributed by atoms with E-state index in [-0.39, 0.29) is 16.7 Å². The van der Waals surface area contributed by atoms with E-state index in [0.717, 1.165) is 0 Å². The fourth-order valence-electron chi connectivity index (χ4n) is 1.84. The van der Waals surface area contributed by atoms with Crippen LogP contribution in [0.5, 0.6) is 0 Å². The van der Waals surface area contributed by atoms with Crippen molar-refractivity contribution in [2.45, 2.75) is 6.92 Å². The summed E-state index contributed by atoms with van der Waals surface area (Å²) in [5, 5.41) is 20.2. The molecule has 0 aliphatic heterocycles. The molecule has 4 nitrogen and oxygen atoms in total. The molecule has 2 N–H and O–H groups in total. The van der Waals surface area contributed by atoms with Gasteiger partial charge in [0, 0.05) is 10.4 Å².